The van der Waals surface area contributed by atoms with Crippen molar-refractivity contribution in [3.8, 4) is 5.69 Å². The minimum absolute atomic E-state index is 0.154. The molecule has 2 amide bonds. The molecule has 1 N–H and O–H groups in total. The molecule has 30 heavy (non-hydrogen) atoms. The van der Waals surface area contributed by atoms with E-state index in [0.717, 1.165) is 54.9 Å². The van der Waals surface area contributed by atoms with Crippen molar-refractivity contribution < 1.29 is 4.79 Å². The first-order valence-electron chi connectivity index (χ1n) is 10.5. The first-order valence-corrected chi connectivity index (χ1v) is 10.5. The fraction of sp³-hybridized carbons (Fsp3) is 0.391. The van der Waals surface area contributed by atoms with Gasteiger partial charge in [0.2, 0.25) is 0 Å². The van der Waals surface area contributed by atoms with Crippen LogP contribution in [0.25, 0.3) is 5.69 Å². The number of rotatable bonds is 4. The van der Waals surface area contributed by atoms with Crippen LogP contribution in [0.15, 0.2) is 48.5 Å². The van der Waals surface area contributed by atoms with Gasteiger partial charge < -0.3 is 10.2 Å². The Hall–Kier alpha value is -3.22. The maximum absolute atomic E-state index is 13.2. The zero-order valence-corrected chi connectivity index (χ0v) is 17.8. The third kappa shape index (κ3) is 3.67. The fourth-order valence-corrected chi connectivity index (χ4v) is 4.45. The predicted octanol–water partition coefficient (Wildman–Crippen LogP) is 4.60. The number of amides is 2. The summed E-state index contributed by atoms with van der Waals surface area (Å²) in [6.07, 6.45) is 4.88. The number of benzene rings is 2. The molecule has 1 aliphatic rings. The molecule has 0 spiro atoms. The lowest BCUT2D eigenvalue weighted by atomic mass is 9.79. The van der Waals surface area contributed by atoms with E-state index in [1.54, 1.807) is 4.90 Å². The van der Waals surface area contributed by atoms with E-state index in [-0.39, 0.29) is 6.03 Å². The van der Waals surface area contributed by atoms with E-state index in [4.69, 9.17) is 0 Å². The molecule has 4 rings (SSSR count). The average molecular weight is 405 g/mol. The van der Waals surface area contributed by atoms with Gasteiger partial charge in [-0.05, 0) is 60.9 Å². The summed E-state index contributed by atoms with van der Waals surface area (Å²) in [5, 5.41) is 15.8. The van der Waals surface area contributed by atoms with Crippen LogP contribution in [-0.4, -0.2) is 38.2 Å². The summed E-state index contributed by atoms with van der Waals surface area (Å²) in [5.41, 5.74) is 3.46. The van der Waals surface area contributed by atoms with Gasteiger partial charge in [0.25, 0.3) is 0 Å². The molecular weight excluding hydrogens is 376 g/mol. The maximum Gasteiger partial charge on any atom is 0.322 e. The number of aromatic nitrogens is 4. The van der Waals surface area contributed by atoms with Crippen LogP contribution in [-0.2, 0) is 5.54 Å². The predicted molar refractivity (Wildman–Crippen MR) is 117 cm³/mol. The monoisotopic (exact) mass is 404 g/mol. The van der Waals surface area contributed by atoms with Crippen LogP contribution < -0.4 is 5.32 Å². The van der Waals surface area contributed by atoms with Crippen molar-refractivity contribution in [1.82, 2.24) is 25.1 Å². The second-order valence-electron chi connectivity index (χ2n) is 8.15. The van der Waals surface area contributed by atoms with E-state index in [2.05, 4.69) is 46.8 Å². The minimum atomic E-state index is -0.558. The molecule has 0 atom stereocenters. The highest BCUT2D eigenvalue weighted by molar-refractivity contribution is 5.89. The van der Waals surface area contributed by atoms with Crippen LogP contribution >= 0.6 is 0 Å². The zero-order chi connectivity index (χ0) is 21.1. The van der Waals surface area contributed by atoms with Gasteiger partial charge in [-0.25, -0.2) is 4.79 Å². The van der Waals surface area contributed by atoms with E-state index in [9.17, 15) is 4.79 Å². The first kappa shape index (κ1) is 20.1. The molecule has 1 aliphatic carbocycles. The summed E-state index contributed by atoms with van der Waals surface area (Å²) in [7, 11) is 1.85. The quantitative estimate of drug-likeness (QED) is 0.689. The van der Waals surface area contributed by atoms with Gasteiger partial charge in [0, 0.05) is 12.7 Å². The van der Waals surface area contributed by atoms with Gasteiger partial charge in [-0.1, -0.05) is 55.2 Å². The molecule has 2 aromatic carbocycles. The SMILES string of the molecule is Cc1ccc(-n2nnnc2C2(N(C)C(=O)Nc3ccccc3)CCCCC2)c(C)c1. The average Bonchev–Trinajstić information content (AvgIpc) is 3.24. The Bertz CT molecular complexity index is 1020. The van der Waals surface area contributed by atoms with Crippen LogP contribution in [0.2, 0.25) is 0 Å². The number of anilines is 1. The van der Waals surface area contributed by atoms with E-state index < -0.39 is 5.54 Å². The van der Waals surface area contributed by atoms with Crippen LogP contribution in [0.3, 0.4) is 0 Å². The summed E-state index contributed by atoms with van der Waals surface area (Å²) >= 11 is 0. The van der Waals surface area contributed by atoms with Crippen molar-refractivity contribution in [2.75, 3.05) is 12.4 Å². The molecule has 0 aliphatic heterocycles. The molecule has 7 nitrogen and oxygen atoms in total. The second-order valence-corrected chi connectivity index (χ2v) is 8.15. The lowest BCUT2D eigenvalue weighted by molar-refractivity contribution is 0.0936. The Morgan fingerprint density at radius 3 is 2.50 bits per heavy atom. The lowest BCUT2D eigenvalue weighted by Gasteiger charge is -2.43. The van der Waals surface area contributed by atoms with Gasteiger partial charge >= 0.3 is 6.03 Å². The Morgan fingerprint density at radius 1 is 1.07 bits per heavy atom. The van der Waals surface area contributed by atoms with Crippen LogP contribution in [0, 0.1) is 13.8 Å². The molecule has 0 unspecified atom stereocenters. The van der Waals surface area contributed by atoms with Crippen molar-refractivity contribution in [2.24, 2.45) is 0 Å². The largest absolute Gasteiger partial charge is 0.322 e. The Morgan fingerprint density at radius 2 is 1.80 bits per heavy atom. The molecule has 1 heterocycles. The topological polar surface area (TPSA) is 75.9 Å². The lowest BCUT2D eigenvalue weighted by Crippen LogP contribution is -2.51. The highest BCUT2D eigenvalue weighted by Crippen LogP contribution is 2.41. The summed E-state index contributed by atoms with van der Waals surface area (Å²) in [6.45, 7) is 4.13. The number of urea groups is 1. The summed E-state index contributed by atoms with van der Waals surface area (Å²) in [4.78, 5) is 15.0. The van der Waals surface area contributed by atoms with Crippen LogP contribution in [0.5, 0.6) is 0 Å². The summed E-state index contributed by atoms with van der Waals surface area (Å²) < 4.78 is 1.81. The third-order valence-electron chi connectivity index (χ3n) is 6.12. The molecule has 1 fully saturated rings. The van der Waals surface area contributed by atoms with Gasteiger partial charge in [-0.2, -0.15) is 4.68 Å². The first-order chi connectivity index (χ1) is 14.5. The normalized spacial score (nSPS) is 15.6. The van der Waals surface area contributed by atoms with E-state index in [1.165, 1.54) is 5.56 Å². The second kappa shape index (κ2) is 8.26. The number of aryl methyl sites for hydroxylation is 2. The van der Waals surface area contributed by atoms with E-state index in [0.29, 0.717) is 0 Å². The number of nitrogens with zero attached hydrogens (tertiary/aromatic N) is 5. The number of tetrazole rings is 1. The van der Waals surface area contributed by atoms with Crippen molar-refractivity contribution in [2.45, 2.75) is 51.5 Å². The highest BCUT2D eigenvalue weighted by atomic mass is 16.2. The standard InChI is InChI=1S/C23H28N6O/c1-17-12-13-20(18(2)16-17)29-21(25-26-27-29)23(14-8-5-9-15-23)28(3)22(30)24-19-10-6-4-7-11-19/h4,6-7,10-13,16H,5,8-9,14-15H2,1-3H3,(H,24,30). The van der Waals surface area contributed by atoms with Crippen molar-refractivity contribution in [1.29, 1.82) is 0 Å². The molecular formula is C23H28N6O. The number of hydrogen-bond donors (Lipinski definition) is 1. The molecule has 0 bridgehead atoms. The number of para-hydroxylation sites is 1. The van der Waals surface area contributed by atoms with E-state index in [1.807, 2.05) is 48.1 Å². The van der Waals surface area contributed by atoms with Crippen LogP contribution in [0.4, 0.5) is 10.5 Å². The summed E-state index contributed by atoms with van der Waals surface area (Å²) in [6, 6.07) is 15.6. The molecule has 0 saturated heterocycles. The fourth-order valence-electron chi connectivity index (χ4n) is 4.45. The number of carbonyl (C=O) groups is 1. The number of hydrogen-bond acceptors (Lipinski definition) is 4. The minimum Gasteiger partial charge on any atom is -0.315 e. The molecule has 1 saturated carbocycles. The van der Waals surface area contributed by atoms with Crippen molar-refractivity contribution in [3.05, 3.63) is 65.5 Å². The summed E-state index contributed by atoms with van der Waals surface area (Å²) in [5.74, 6) is 0.722. The van der Waals surface area contributed by atoms with Crippen molar-refractivity contribution in [3.63, 3.8) is 0 Å². The molecule has 0 radical (unpaired) electrons. The van der Waals surface area contributed by atoms with Crippen molar-refractivity contribution >= 4 is 11.7 Å². The van der Waals surface area contributed by atoms with Crippen LogP contribution in [0.1, 0.15) is 49.1 Å². The maximum atomic E-state index is 13.2. The van der Waals surface area contributed by atoms with E-state index >= 15 is 0 Å². The van der Waals surface area contributed by atoms with Gasteiger partial charge in [0.05, 0.1) is 5.69 Å². The van der Waals surface area contributed by atoms with Gasteiger partial charge in [-0.3, -0.25) is 0 Å². The Kier molecular flexibility index (Phi) is 5.53. The molecule has 1 aromatic heterocycles. The number of carbonyl (C=O) groups excluding carboxylic acids is 1. The third-order valence-corrected chi connectivity index (χ3v) is 6.12. The Balaban J connectivity index is 1.73. The Labute approximate surface area is 177 Å². The smallest absolute Gasteiger partial charge is 0.315 e. The zero-order valence-electron chi connectivity index (χ0n) is 17.8. The molecule has 3 aromatic rings. The molecule has 156 valence electrons. The molecule has 7 heteroatoms. The van der Waals surface area contributed by atoms with Gasteiger partial charge in [-0.15, -0.1) is 5.10 Å². The highest BCUT2D eigenvalue weighted by Gasteiger charge is 2.45. The number of nitrogens with one attached hydrogen (secondary N) is 1. The van der Waals surface area contributed by atoms with Gasteiger partial charge in [0.15, 0.2) is 5.82 Å². The van der Waals surface area contributed by atoms with Gasteiger partial charge in [0.1, 0.15) is 5.54 Å².